The number of hydrazone groups is 1. The van der Waals surface area contributed by atoms with Crippen LogP contribution in [0, 0.1) is 0 Å². The molecule has 5 rings (SSSR count). The van der Waals surface area contributed by atoms with E-state index in [1.807, 2.05) is 73.8 Å². The Kier molecular flexibility index (Phi) is 6.09. The van der Waals surface area contributed by atoms with E-state index in [2.05, 4.69) is 14.6 Å². The van der Waals surface area contributed by atoms with Crippen LogP contribution in [0.15, 0.2) is 71.5 Å². The fraction of sp³-hybridized carbons (Fsp3) is 0.308. The van der Waals surface area contributed by atoms with E-state index in [0.29, 0.717) is 37.6 Å². The van der Waals surface area contributed by atoms with Crippen molar-refractivity contribution >= 4 is 34.3 Å². The molecule has 2 aliphatic rings. The van der Waals surface area contributed by atoms with Crippen LogP contribution >= 0.6 is 0 Å². The Morgan fingerprint density at radius 3 is 2.58 bits per heavy atom. The number of aliphatic hydroxyl groups excluding tert-OH is 1. The van der Waals surface area contributed by atoms with Gasteiger partial charge in [-0.05, 0) is 31.2 Å². The lowest BCUT2D eigenvalue weighted by Crippen LogP contribution is -2.41. The molecule has 1 fully saturated rings. The van der Waals surface area contributed by atoms with Crippen LogP contribution in [0.4, 0.5) is 5.69 Å². The van der Waals surface area contributed by atoms with E-state index in [-0.39, 0.29) is 5.91 Å². The number of morpholine rings is 1. The molecule has 0 aliphatic carbocycles. The van der Waals surface area contributed by atoms with E-state index in [4.69, 9.17) is 4.74 Å². The summed E-state index contributed by atoms with van der Waals surface area (Å²) in [5.41, 5.74) is 3.99. The van der Waals surface area contributed by atoms with Gasteiger partial charge in [0.15, 0.2) is 0 Å². The lowest BCUT2D eigenvalue weighted by Gasteiger charge is -2.28. The topological polar surface area (TPSA) is 70.3 Å². The minimum Gasteiger partial charge on any atom is -0.390 e. The van der Waals surface area contributed by atoms with Crippen LogP contribution in [0.25, 0.3) is 17.0 Å². The van der Waals surface area contributed by atoms with Crippen LogP contribution in [0.5, 0.6) is 0 Å². The molecule has 1 saturated heterocycles. The van der Waals surface area contributed by atoms with Crippen molar-refractivity contribution in [2.75, 3.05) is 37.9 Å². The average molecular weight is 445 g/mol. The third kappa shape index (κ3) is 4.48. The number of carbonyl (C=O) groups is 1. The highest BCUT2D eigenvalue weighted by atomic mass is 16.5. The van der Waals surface area contributed by atoms with Gasteiger partial charge in [-0.15, -0.1) is 0 Å². The molecule has 0 radical (unpaired) electrons. The van der Waals surface area contributed by atoms with Gasteiger partial charge in [0, 0.05) is 48.8 Å². The predicted octanol–water partition coefficient (Wildman–Crippen LogP) is 3.14. The average Bonchev–Trinajstić information content (AvgIpc) is 3.32. The summed E-state index contributed by atoms with van der Waals surface area (Å²) in [7, 11) is 0. The zero-order chi connectivity index (χ0) is 22.8. The Morgan fingerprint density at radius 2 is 1.79 bits per heavy atom. The molecule has 0 unspecified atom stereocenters. The van der Waals surface area contributed by atoms with E-state index in [1.54, 1.807) is 0 Å². The SMILES string of the molecule is CC1=NN(c2ccccc2)C(=O)/C1=C/c1cn(C[C@@H](O)CN2CCOCC2)c2ccccc12. The molecule has 33 heavy (non-hydrogen) atoms. The number of anilines is 1. The first kappa shape index (κ1) is 21.6. The number of amides is 1. The van der Waals surface area contributed by atoms with Gasteiger partial charge >= 0.3 is 0 Å². The van der Waals surface area contributed by atoms with Gasteiger partial charge in [0.1, 0.15) is 0 Å². The molecule has 1 amide bonds. The Bertz CT molecular complexity index is 1210. The molecule has 1 aromatic heterocycles. The van der Waals surface area contributed by atoms with Gasteiger partial charge in [0.2, 0.25) is 0 Å². The second kappa shape index (κ2) is 9.31. The van der Waals surface area contributed by atoms with Crippen LogP contribution in [0.1, 0.15) is 12.5 Å². The van der Waals surface area contributed by atoms with Gasteiger partial charge < -0.3 is 14.4 Å². The van der Waals surface area contributed by atoms with Gasteiger partial charge in [0.25, 0.3) is 5.91 Å². The quantitative estimate of drug-likeness (QED) is 0.593. The van der Waals surface area contributed by atoms with Crippen molar-refractivity contribution in [2.24, 2.45) is 5.10 Å². The minimum absolute atomic E-state index is 0.136. The third-order valence-electron chi connectivity index (χ3n) is 6.16. The maximum absolute atomic E-state index is 13.1. The second-order valence-corrected chi connectivity index (χ2v) is 8.52. The summed E-state index contributed by atoms with van der Waals surface area (Å²) >= 11 is 0. The van der Waals surface area contributed by atoms with Crippen molar-refractivity contribution in [1.29, 1.82) is 0 Å². The minimum atomic E-state index is -0.496. The van der Waals surface area contributed by atoms with Gasteiger partial charge in [0.05, 0.1) is 36.3 Å². The molecule has 0 saturated carbocycles. The second-order valence-electron chi connectivity index (χ2n) is 8.52. The van der Waals surface area contributed by atoms with Crippen molar-refractivity contribution < 1.29 is 14.6 Å². The van der Waals surface area contributed by atoms with Crippen LogP contribution in [-0.2, 0) is 16.1 Å². The van der Waals surface area contributed by atoms with Gasteiger partial charge in [-0.3, -0.25) is 9.69 Å². The van der Waals surface area contributed by atoms with E-state index < -0.39 is 6.10 Å². The summed E-state index contributed by atoms with van der Waals surface area (Å²) in [6.07, 6.45) is 3.44. The zero-order valence-electron chi connectivity index (χ0n) is 18.7. The van der Waals surface area contributed by atoms with Crippen LogP contribution in [-0.4, -0.2) is 65.1 Å². The number of benzene rings is 2. The Morgan fingerprint density at radius 1 is 1.06 bits per heavy atom. The molecule has 7 heteroatoms. The number of hydrogen-bond donors (Lipinski definition) is 1. The number of hydrogen-bond acceptors (Lipinski definition) is 5. The summed E-state index contributed by atoms with van der Waals surface area (Å²) in [6.45, 7) is 6.08. The van der Waals surface area contributed by atoms with Crippen LogP contribution in [0.2, 0.25) is 0 Å². The number of β-amino-alcohol motifs (C(OH)–C–C–N with tert-alkyl or cyclic N) is 1. The number of nitrogens with zero attached hydrogens (tertiary/aromatic N) is 4. The summed E-state index contributed by atoms with van der Waals surface area (Å²) in [4.78, 5) is 15.4. The number of carbonyl (C=O) groups excluding carboxylic acids is 1. The fourth-order valence-electron chi connectivity index (χ4n) is 4.49. The summed E-state index contributed by atoms with van der Waals surface area (Å²) in [5.74, 6) is -0.136. The zero-order valence-corrected chi connectivity index (χ0v) is 18.7. The molecule has 7 nitrogen and oxygen atoms in total. The number of ether oxygens (including phenoxy) is 1. The highest BCUT2D eigenvalue weighted by Crippen LogP contribution is 2.28. The number of aliphatic hydroxyl groups is 1. The van der Waals surface area contributed by atoms with Gasteiger partial charge in [-0.25, -0.2) is 0 Å². The number of aromatic nitrogens is 1. The number of fused-ring (bicyclic) bond motifs is 1. The first-order chi connectivity index (χ1) is 16.1. The lowest BCUT2D eigenvalue weighted by atomic mass is 10.1. The smallest absolute Gasteiger partial charge is 0.280 e. The maximum Gasteiger partial charge on any atom is 0.280 e. The Balaban J connectivity index is 1.41. The normalized spacial score (nSPS) is 19.5. The molecule has 2 aromatic carbocycles. The highest BCUT2D eigenvalue weighted by Gasteiger charge is 2.29. The number of para-hydroxylation sites is 2. The van der Waals surface area contributed by atoms with Gasteiger partial charge in [-0.1, -0.05) is 36.4 Å². The Labute approximate surface area is 193 Å². The largest absolute Gasteiger partial charge is 0.390 e. The molecule has 2 aliphatic heterocycles. The van der Waals surface area contributed by atoms with Crippen LogP contribution in [0.3, 0.4) is 0 Å². The number of rotatable bonds is 6. The summed E-state index contributed by atoms with van der Waals surface area (Å²) in [6, 6.07) is 17.5. The molecule has 1 N–H and O–H groups in total. The third-order valence-corrected chi connectivity index (χ3v) is 6.16. The van der Waals surface area contributed by atoms with Crippen molar-refractivity contribution in [3.8, 4) is 0 Å². The monoisotopic (exact) mass is 444 g/mol. The standard InChI is InChI=1S/C26H28N4O3/c1-19-24(26(32)30(27-19)21-7-3-2-4-8-21)15-20-16-29(25-10-6-5-9-23(20)25)18-22(31)17-28-11-13-33-14-12-28/h2-10,15-16,22,31H,11-14,17-18H2,1H3/b24-15+/t22-/m0/s1. The maximum atomic E-state index is 13.1. The van der Waals surface area contributed by atoms with Crippen LogP contribution < -0.4 is 5.01 Å². The van der Waals surface area contributed by atoms with E-state index >= 15 is 0 Å². The van der Waals surface area contributed by atoms with Crippen molar-refractivity contribution in [2.45, 2.75) is 19.6 Å². The molecular weight excluding hydrogens is 416 g/mol. The predicted molar refractivity (Wildman–Crippen MR) is 130 cm³/mol. The first-order valence-corrected chi connectivity index (χ1v) is 11.3. The summed E-state index contributed by atoms with van der Waals surface area (Å²) in [5, 5.41) is 17.7. The summed E-state index contributed by atoms with van der Waals surface area (Å²) < 4.78 is 7.48. The van der Waals surface area contributed by atoms with Crippen molar-refractivity contribution in [3.63, 3.8) is 0 Å². The highest BCUT2D eigenvalue weighted by molar-refractivity contribution is 6.32. The molecule has 3 aromatic rings. The van der Waals surface area contributed by atoms with E-state index in [9.17, 15) is 9.90 Å². The molecule has 1 atom stereocenters. The molecule has 170 valence electrons. The first-order valence-electron chi connectivity index (χ1n) is 11.3. The van der Waals surface area contributed by atoms with E-state index in [1.165, 1.54) is 5.01 Å². The molecule has 0 spiro atoms. The molecular formula is C26H28N4O3. The molecule has 3 heterocycles. The van der Waals surface area contributed by atoms with Crippen molar-refractivity contribution in [3.05, 3.63) is 71.9 Å². The lowest BCUT2D eigenvalue weighted by molar-refractivity contribution is -0.114. The van der Waals surface area contributed by atoms with E-state index in [0.717, 1.165) is 35.2 Å². The molecule has 0 bridgehead atoms. The Hall–Kier alpha value is -3.26. The van der Waals surface area contributed by atoms with Gasteiger partial charge in [-0.2, -0.15) is 10.1 Å². The fourth-order valence-corrected chi connectivity index (χ4v) is 4.49. The van der Waals surface area contributed by atoms with Crippen molar-refractivity contribution in [1.82, 2.24) is 9.47 Å².